The number of aromatic nitrogens is 2. The molecule has 0 amide bonds. The Morgan fingerprint density at radius 1 is 0.889 bits per heavy atom. The summed E-state index contributed by atoms with van der Waals surface area (Å²) in [6.07, 6.45) is 2.14. The van der Waals surface area contributed by atoms with Gasteiger partial charge in [-0.3, -0.25) is 0 Å². The lowest BCUT2D eigenvalue weighted by molar-refractivity contribution is -0.643. The van der Waals surface area contributed by atoms with Gasteiger partial charge in [-0.05, 0) is 29.3 Å². The van der Waals surface area contributed by atoms with Gasteiger partial charge in [-0.15, -0.1) is 0 Å². The number of para-hydroxylation sites is 1. The quantitative estimate of drug-likeness (QED) is 0.145. The topological polar surface area (TPSA) is 12.6 Å². The number of aryl methyl sites for hydroxylation is 2. The Balaban J connectivity index is 2.17. The lowest BCUT2D eigenvalue weighted by atomic mass is 10.00. The smallest absolute Gasteiger partial charge is 0.224 e. The van der Waals surface area contributed by atoms with Crippen molar-refractivity contribution in [3.05, 3.63) is 77.8 Å². The van der Waals surface area contributed by atoms with Crippen LogP contribution in [0.1, 0.15) is 5.56 Å². The number of hydrogen-bond acceptors (Lipinski definition) is 0. The lowest BCUT2D eigenvalue weighted by Gasteiger charge is -2.12. The molecule has 0 aliphatic rings. The first-order valence-electron chi connectivity index (χ1n) is 9.07. The van der Waals surface area contributed by atoms with Crippen LogP contribution in [0.15, 0.2) is 60.8 Å². The molecule has 0 unspecified atom stereocenters. The molecule has 0 radical (unpaired) electrons. The molecular weight excluding hydrogens is 330 g/mol. The number of pyridine rings is 2. The standard InChI is InChI=1S/C24H16N3/c1-14-10-11-17-16-7-5-8-18(25-2)22(16)27-19-9-4-6-15-12-13-26(3)24(21(15)19)20(14)23(17)27/h4-13H,1,3H3/q+1. The van der Waals surface area contributed by atoms with Crippen molar-refractivity contribution in [3.63, 3.8) is 0 Å². The van der Waals surface area contributed by atoms with Crippen molar-refractivity contribution in [1.29, 1.82) is 0 Å². The molecular formula is C24H16N3+. The molecule has 0 aliphatic carbocycles. The molecule has 126 valence electrons. The van der Waals surface area contributed by atoms with Crippen LogP contribution in [0.25, 0.3) is 53.8 Å². The Morgan fingerprint density at radius 3 is 2.56 bits per heavy atom. The lowest BCUT2D eigenvalue weighted by Crippen LogP contribution is -2.28. The summed E-state index contributed by atoms with van der Waals surface area (Å²) in [4.78, 5) is 3.84. The van der Waals surface area contributed by atoms with Gasteiger partial charge in [0.1, 0.15) is 7.05 Å². The first-order valence-corrected chi connectivity index (χ1v) is 9.07. The Labute approximate surface area is 155 Å². The van der Waals surface area contributed by atoms with Crippen molar-refractivity contribution < 1.29 is 4.57 Å². The predicted molar refractivity (Wildman–Crippen MR) is 111 cm³/mol. The molecule has 3 heterocycles. The minimum atomic E-state index is 0.702. The monoisotopic (exact) mass is 346 g/mol. The molecule has 0 spiro atoms. The molecule has 0 saturated heterocycles. The first-order chi connectivity index (χ1) is 13.2. The largest absolute Gasteiger partial charge is 0.317 e. The van der Waals surface area contributed by atoms with E-state index in [1.54, 1.807) is 0 Å². The fraction of sp³-hybridized carbons (Fsp3) is 0.0833. The third kappa shape index (κ3) is 1.59. The van der Waals surface area contributed by atoms with E-state index in [4.69, 9.17) is 6.57 Å². The van der Waals surface area contributed by atoms with Gasteiger partial charge < -0.3 is 4.40 Å². The summed E-state index contributed by atoms with van der Waals surface area (Å²) >= 11 is 0. The molecule has 6 aromatic rings. The molecule has 27 heavy (non-hydrogen) atoms. The average Bonchev–Trinajstić information content (AvgIpc) is 3.03. The molecule has 0 bridgehead atoms. The molecule has 6 rings (SSSR count). The van der Waals surface area contributed by atoms with Crippen LogP contribution in [0.2, 0.25) is 0 Å². The molecule has 0 aliphatic heterocycles. The van der Waals surface area contributed by atoms with E-state index in [-0.39, 0.29) is 0 Å². The van der Waals surface area contributed by atoms with Crippen LogP contribution < -0.4 is 4.57 Å². The van der Waals surface area contributed by atoms with Crippen LogP contribution in [-0.2, 0) is 7.05 Å². The van der Waals surface area contributed by atoms with Gasteiger partial charge in [-0.25, -0.2) is 9.41 Å². The van der Waals surface area contributed by atoms with Crippen LogP contribution in [-0.4, -0.2) is 4.40 Å². The van der Waals surface area contributed by atoms with E-state index >= 15 is 0 Å². The second-order valence-corrected chi connectivity index (χ2v) is 7.29. The van der Waals surface area contributed by atoms with Crippen LogP contribution in [0.5, 0.6) is 0 Å². The zero-order valence-corrected chi connectivity index (χ0v) is 15.1. The molecule has 3 aromatic heterocycles. The molecule has 3 nitrogen and oxygen atoms in total. The van der Waals surface area contributed by atoms with Gasteiger partial charge in [-0.1, -0.05) is 42.5 Å². The Hall–Kier alpha value is -3.64. The number of benzene rings is 3. The number of fused-ring (bicyclic) bond motifs is 5. The molecule has 0 N–H and O–H groups in total. The number of hydrogen-bond donors (Lipinski definition) is 0. The number of nitrogens with zero attached hydrogens (tertiary/aromatic N) is 3. The Kier molecular flexibility index (Phi) is 2.55. The van der Waals surface area contributed by atoms with Crippen molar-refractivity contribution in [2.75, 3.05) is 0 Å². The van der Waals surface area contributed by atoms with Gasteiger partial charge in [0.2, 0.25) is 11.2 Å². The second kappa shape index (κ2) is 4.75. The average molecular weight is 346 g/mol. The minimum absolute atomic E-state index is 0.702. The molecule has 0 atom stereocenters. The van der Waals surface area contributed by atoms with Crippen molar-refractivity contribution in [1.82, 2.24) is 4.40 Å². The zero-order valence-electron chi connectivity index (χ0n) is 15.1. The van der Waals surface area contributed by atoms with E-state index in [0.29, 0.717) is 5.69 Å². The van der Waals surface area contributed by atoms with E-state index in [9.17, 15) is 0 Å². The van der Waals surface area contributed by atoms with Gasteiger partial charge in [0.15, 0.2) is 6.20 Å². The van der Waals surface area contributed by atoms with Crippen molar-refractivity contribution in [3.8, 4) is 0 Å². The van der Waals surface area contributed by atoms with Crippen LogP contribution in [0, 0.1) is 13.5 Å². The third-order valence-corrected chi connectivity index (χ3v) is 5.88. The minimum Gasteiger partial charge on any atom is -0.317 e. The van der Waals surface area contributed by atoms with E-state index in [1.165, 1.54) is 38.1 Å². The number of rotatable bonds is 0. The summed E-state index contributed by atoms with van der Waals surface area (Å²) in [5.41, 5.74) is 6.60. The highest BCUT2D eigenvalue weighted by molar-refractivity contribution is 6.26. The van der Waals surface area contributed by atoms with Crippen LogP contribution in [0.4, 0.5) is 5.69 Å². The SMILES string of the molecule is [C-]#[N+]c1cccc2c3ccc(C)c4c3n(c3cccc5cc[n+](C)c4c53)c12. The van der Waals surface area contributed by atoms with Gasteiger partial charge in [0.05, 0.1) is 33.9 Å². The summed E-state index contributed by atoms with van der Waals surface area (Å²) in [5, 5.41) is 6.11. The second-order valence-electron chi connectivity index (χ2n) is 7.29. The summed E-state index contributed by atoms with van der Waals surface area (Å²) < 4.78 is 4.54. The fourth-order valence-corrected chi connectivity index (χ4v) is 4.75. The van der Waals surface area contributed by atoms with Gasteiger partial charge in [0, 0.05) is 11.5 Å². The summed E-state index contributed by atoms with van der Waals surface area (Å²) in [6.45, 7) is 9.90. The summed E-state index contributed by atoms with van der Waals surface area (Å²) in [6, 6.07) is 19.1. The normalized spacial score (nSPS) is 12.0. The van der Waals surface area contributed by atoms with Gasteiger partial charge in [-0.2, -0.15) is 0 Å². The molecule has 3 aromatic carbocycles. The zero-order chi connectivity index (χ0) is 18.3. The van der Waals surface area contributed by atoms with E-state index in [0.717, 1.165) is 16.4 Å². The highest BCUT2D eigenvalue weighted by atomic mass is 15.0. The highest BCUT2D eigenvalue weighted by Gasteiger charge is 2.24. The van der Waals surface area contributed by atoms with Crippen molar-refractivity contribution in [2.24, 2.45) is 7.05 Å². The van der Waals surface area contributed by atoms with Gasteiger partial charge in [0.25, 0.3) is 0 Å². The van der Waals surface area contributed by atoms with E-state index < -0.39 is 0 Å². The first kappa shape index (κ1) is 14.5. The molecule has 0 saturated carbocycles. The maximum absolute atomic E-state index is 7.72. The Morgan fingerprint density at radius 2 is 1.70 bits per heavy atom. The van der Waals surface area contributed by atoms with Crippen molar-refractivity contribution >= 4 is 54.7 Å². The maximum atomic E-state index is 7.72. The van der Waals surface area contributed by atoms with Crippen molar-refractivity contribution in [2.45, 2.75) is 6.92 Å². The Bertz CT molecular complexity index is 1600. The van der Waals surface area contributed by atoms with Crippen LogP contribution >= 0.6 is 0 Å². The van der Waals surface area contributed by atoms with Crippen LogP contribution in [0.3, 0.4) is 0 Å². The molecule has 0 fully saturated rings. The summed E-state index contributed by atoms with van der Waals surface area (Å²) in [5.74, 6) is 0. The summed E-state index contributed by atoms with van der Waals surface area (Å²) in [7, 11) is 2.12. The predicted octanol–water partition coefficient (Wildman–Crippen LogP) is 5.67. The molecule has 3 heteroatoms. The van der Waals surface area contributed by atoms with E-state index in [2.05, 4.69) is 76.4 Å². The third-order valence-electron chi connectivity index (χ3n) is 5.88. The highest BCUT2D eigenvalue weighted by Crippen LogP contribution is 2.42. The van der Waals surface area contributed by atoms with E-state index in [1.807, 2.05) is 12.1 Å². The van der Waals surface area contributed by atoms with Gasteiger partial charge >= 0.3 is 0 Å². The fourth-order valence-electron chi connectivity index (χ4n) is 4.75. The maximum Gasteiger partial charge on any atom is 0.224 e.